The van der Waals surface area contributed by atoms with E-state index in [4.69, 9.17) is 0 Å². The molecule has 5 rings (SSSR count). The van der Waals surface area contributed by atoms with Crippen LogP contribution in [0, 0.1) is 5.92 Å². The molecule has 0 radical (unpaired) electrons. The van der Waals surface area contributed by atoms with E-state index in [9.17, 15) is 9.59 Å². The van der Waals surface area contributed by atoms with Crippen molar-refractivity contribution in [3.8, 4) is 0 Å². The van der Waals surface area contributed by atoms with Crippen molar-refractivity contribution in [2.45, 2.75) is 38.1 Å². The van der Waals surface area contributed by atoms with Crippen LogP contribution >= 0.6 is 0 Å². The number of para-hydroxylation sites is 1. The minimum atomic E-state index is -0.229. The van der Waals surface area contributed by atoms with E-state index in [0.29, 0.717) is 34.7 Å². The lowest BCUT2D eigenvalue weighted by Gasteiger charge is -2.44. The Morgan fingerprint density at radius 1 is 1.10 bits per heavy atom. The van der Waals surface area contributed by atoms with E-state index in [0.717, 1.165) is 6.54 Å². The Hall–Kier alpha value is -2.77. The molecule has 4 heterocycles. The zero-order chi connectivity index (χ0) is 21.2. The summed E-state index contributed by atoms with van der Waals surface area (Å²) in [7, 11) is 0. The highest BCUT2D eigenvalue weighted by Crippen LogP contribution is 2.36. The van der Waals surface area contributed by atoms with Crippen molar-refractivity contribution in [3.63, 3.8) is 0 Å². The molecule has 0 bridgehead atoms. The first-order valence-electron chi connectivity index (χ1n) is 11.4. The molecule has 3 aliphatic heterocycles. The highest BCUT2D eigenvalue weighted by molar-refractivity contribution is 6.17. The Morgan fingerprint density at radius 3 is 2.90 bits per heavy atom. The molecule has 1 aromatic heterocycles. The third kappa shape index (κ3) is 3.95. The van der Waals surface area contributed by atoms with Gasteiger partial charge in [-0.2, -0.15) is 0 Å². The van der Waals surface area contributed by atoms with Crippen LogP contribution < -0.4 is 15.5 Å². The van der Waals surface area contributed by atoms with Gasteiger partial charge in [0.1, 0.15) is 0 Å². The highest BCUT2D eigenvalue weighted by atomic mass is 16.2. The van der Waals surface area contributed by atoms with E-state index in [1.165, 1.54) is 45.2 Å². The molecule has 162 valence electrons. The SMILES string of the molecule is O=C1Nc2cccnc2N(C(=O)CNC[C@@H]2CCCN3CCCC[C@H]23)c2ccccc21. The average molecular weight is 420 g/mol. The fraction of sp³-hybridized carbons (Fsp3) is 0.458. The molecule has 31 heavy (non-hydrogen) atoms. The molecule has 2 N–H and O–H groups in total. The number of benzene rings is 1. The summed E-state index contributed by atoms with van der Waals surface area (Å²) in [5, 5.41) is 6.31. The van der Waals surface area contributed by atoms with Gasteiger partial charge in [-0.3, -0.25) is 14.5 Å². The van der Waals surface area contributed by atoms with Crippen LogP contribution in [0.1, 0.15) is 42.5 Å². The Bertz CT molecular complexity index is 976. The summed E-state index contributed by atoms with van der Waals surface area (Å²) in [6.07, 6.45) is 7.99. The number of anilines is 3. The van der Waals surface area contributed by atoms with E-state index in [-0.39, 0.29) is 18.4 Å². The molecule has 3 aliphatic rings. The first-order valence-corrected chi connectivity index (χ1v) is 11.4. The first-order chi connectivity index (χ1) is 15.2. The molecule has 2 saturated heterocycles. The number of rotatable bonds is 4. The van der Waals surface area contributed by atoms with Crippen LogP contribution in [0.3, 0.4) is 0 Å². The second-order valence-electron chi connectivity index (χ2n) is 8.71. The molecule has 0 unspecified atom stereocenters. The largest absolute Gasteiger partial charge is 0.319 e. The lowest BCUT2D eigenvalue weighted by Crippen LogP contribution is -2.51. The smallest absolute Gasteiger partial charge is 0.257 e. The lowest BCUT2D eigenvalue weighted by molar-refractivity contribution is -0.117. The summed E-state index contributed by atoms with van der Waals surface area (Å²) in [6.45, 7) is 3.48. The number of fused-ring (bicyclic) bond motifs is 3. The van der Waals surface area contributed by atoms with Crippen LogP contribution in [0.25, 0.3) is 0 Å². The minimum absolute atomic E-state index is 0.111. The van der Waals surface area contributed by atoms with E-state index >= 15 is 0 Å². The van der Waals surface area contributed by atoms with E-state index in [1.807, 2.05) is 12.1 Å². The normalized spacial score (nSPS) is 23.2. The quantitative estimate of drug-likeness (QED) is 0.796. The molecule has 0 saturated carbocycles. The minimum Gasteiger partial charge on any atom is -0.319 e. The number of aromatic nitrogens is 1. The molecular weight excluding hydrogens is 390 g/mol. The molecule has 7 nitrogen and oxygen atoms in total. The van der Waals surface area contributed by atoms with Gasteiger partial charge in [0, 0.05) is 12.2 Å². The van der Waals surface area contributed by atoms with Crippen molar-refractivity contribution in [1.29, 1.82) is 0 Å². The fourth-order valence-corrected chi connectivity index (χ4v) is 5.35. The van der Waals surface area contributed by atoms with Gasteiger partial charge in [-0.25, -0.2) is 4.98 Å². The maximum atomic E-state index is 13.4. The number of carbonyl (C=O) groups is 2. The predicted octanol–water partition coefficient (Wildman–Crippen LogP) is 3.17. The number of nitrogens with zero attached hydrogens (tertiary/aromatic N) is 3. The standard InChI is InChI=1S/C24H29N5O2/c30-22(16-25-15-17-7-6-14-28-13-4-3-10-20(17)28)29-21-11-2-1-8-18(21)24(31)27-19-9-5-12-26-23(19)29/h1-2,5,8-9,11-12,17,20,25H,3-4,6-7,10,13-16H2,(H,27,31)/t17-,20+/m0/s1. The van der Waals surface area contributed by atoms with Crippen LogP contribution in [-0.4, -0.2) is 53.9 Å². The topological polar surface area (TPSA) is 77.6 Å². The zero-order valence-electron chi connectivity index (χ0n) is 17.7. The Labute approximate surface area is 182 Å². The molecule has 0 spiro atoms. The molecule has 2 aromatic rings. The number of pyridine rings is 1. The second kappa shape index (κ2) is 8.77. The van der Waals surface area contributed by atoms with Gasteiger partial charge in [0.05, 0.1) is 23.5 Å². The van der Waals surface area contributed by atoms with Gasteiger partial charge in [-0.05, 0) is 75.5 Å². The molecule has 2 amide bonds. The average Bonchev–Trinajstić information content (AvgIpc) is 2.93. The summed E-state index contributed by atoms with van der Waals surface area (Å²) < 4.78 is 0. The third-order valence-corrected chi connectivity index (χ3v) is 6.80. The van der Waals surface area contributed by atoms with Crippen LogP contribution in [0.2, 0.25) is 0 Å². The van der Waals surface area contributed by atoms with Crippen molar-refractivity contribution in [2.75, 3.05) is 36.4 Å². The molecule has 2 atom stereocenters. The summed E-state index contributed by atoms with van der Waals surface area (Å²) in [4.78, 5) is 34.7. The maximum Gasteiger partial charge on any atom is 0.257 e. The maximum absolute atomic E-state index is 13.4. The number of carbonyl (C=O) groups excluding carboxylic acids is 2. The molecule has 1 aromatic carbocycles. The van der Waals surface area contributed by atoms with Crippen LogP contribution in [0.15, 0.2) is 42.6 Å². The van der Waals surface area contributed by atoms with Crippen LogP contribution in [0.5, 0.6) is 0 Å². The number of amides is 2. The van der Waals surface area contributed by atoms with Crippen LogP contribution in [-0.2, 0) is 4.79 Å². The van der Waals surface area contributed by atoms with E-state index < -0.39 is 0 Å². The predicted molar refractivity (Wildman–Crippen MR) is 121 cm³/mol. The van der Waals surface area contributed by atoms with E-state index in [2.05, 4.69) is 20.5 Å². The van der Waals surface area contributed by atoms with Gasteiger partial charge in [-0.15, -0.1) is 0 Å². The second-order valence-corrected chi connectivity index (χ2v) is 8.71. The summed E-state index contributed by atoms with van der Waals surface area (Å²) in [5.41, 5.74) is 1.58. The van der Waals surface area contributed by atoms with Crippen molar-refractivity contribution in [2.24, 2.45) is 5.92 Å². The Morgan fingerprint density at radius 2 is 1.97 bits per heavy atom. The fourth-order valence-electron chi connectivity index (χ4n) is 5.35. The van der Waals surface area contributed by atoms with Crippen molar-refractivity contribution < 1.29 is 9.59 Å². The highest BCUT2D eigenvalue weighted by Gasteiger charge is 2.33. The van der Waals surface area contributed by atoms with Crippen molar-refractivity contribution in [1.82, 2.24) is 15.2 Å². The van der Waals surface area contributed by atoms with Gasteiger partial charge in [0.15, 0.2) is 5.82 Å². The third-order valence-electron chi connectivity index (χ3n) is 6.80. The molecule has 7 heteroatoms. The number of nitrogens with one attached hydrogen (secondary N) is 2. The van der Waals surface area contributed by atoms with E-state index in [1.54, 1.807) is 35.4 Å². The van der Waals surface area contributed by atoms with Crippen LogP contribution in [0.4, 0.5) is 17.2 Å². The zero-order valence-corrected chi connectivity index (χ0v) is 17.7. The summed E-state index contributed by atoms with van der Waals surface area (Å²) >= 11 is 0. The monoisotopic (exact) mass is 419 g/mol. The number of hydrogen-bond donors (Lipinski definition) is 2. The Balaban J connectivity index is 1.33. The first kappa shape index (κ1) is 20.2. The summed E-state index contributed by atoms with van der Waals surface area (Å²) in [5.74, 6) is 0.712. The van der Waals surface area contributed by atoms with Crippen molar-refractivity contribution in [3.05, 3.63) is 48.2 Å². The number of piperidine rings is 2. The van der Waals surface area contributed by atoms with Crippen molar-refractivity contribution >= 4 is 29.0 Å². The molecule has 0 aliphatic carbocycles. The number of hydrogen-bond acceptors (Lipinski definition) is 5. The lowest BCUT2D eigenvalue weighted by atomic mass is 9.83. The van der Waals surface area contributed by atoms with Gasteiger partial charge in [0.25, 0.3) is 5.91 Å². The van der Waals surface area contributed by atoms with Gasteiger partial charge in [-0.1, -0.05) is 18.6 Å². The Kier molecular flexibility index (Phi) is 5.70. The molecular formula is C24H29N5O2. The molecule has 2 fully saturated rings. The van der Waals surface area contributed by atoms with Gasteiger partial charge < -0.3 is 15.5 Å². The van der Waals surface area contributed by atoms with Gasteiger partial charge >= 0.3 is 0 Å². The van der Waals surface area contributed by atoms with Gasteiger partial charge in [0.2, 0.25) is 5.91 Å². The summed E-state index contributed by atoms with van der Waals surface area (Å²) in [6, 6.07) is 11.4.